The average Bonchev–Trinajstić information content (AvgIpc) is 2.61. The van der Waals surface area contributed by atoms with E-state index in [1.165, 1.54) is 0 Å². The highest BCUT2D eigenvalue weighted by molar-refractivity contribution is 4.98. The van der Waals surface area contributed by atoms with Gasteiger partial charge in [0.2, 0.25) is 0 Å². The van der Waals surface area contributed by atoms with Crippen molar-refractivity contribution in [1.29, 1.82) is 0 Å². The predicted molar refractivity (Wildman–Crippen MR) is 44.7 cm³/mol. The molecule has 0 spiro atoms. The Morgan fingerprint density at radius 1 is 1.50 bits per heavy atom. The van der Waals surface area contributed by atoms with Crippen LogP contribution in [0.4, 0.5) is 4.39 Å². The van der Waals surface area contributed by atoms with Gasteiger partial charge in [-0.15, -0.1) is 0 Å². The molecule has 0 aromatic rings. The van der Waals surface area contributed by atoms with Gasteiger partial charge in [-0.2, -0.15) is 0 Å². The monoisotopic (exact) mass is 173 g/mol. The summed E-state index contributed by atoms with van der Waals surface area (Å²) < 4.78 is 13.3. The lowest BCUT2D eigenvalue weighted by atomic mass is 9.88. The Morgan fingerprint density at radius 2 is 2.08 bits per heavy atom. The highest BCUT2D eigenvalue weighted by Gasteiger charge is 2.45. The average molecular weight is 173 g/mol. The quantitative estimate of drug-likeness (QED) is 0.686. The molecule has 0 aromatic carbocycles. The summed E-state index contributed by atoms with van der Waals surface area (Å²) in [6, 6.07) is 0.424. The third kappa shape index (κ3) is 1.62. The summed E-state index contributed by atoms with van der Waals surface area (Å²) in [4.78, 5) is 2.06. The van der Waals surface area contributed by atoms with Crippen LogP contribution in [0.3, 0.4) is 0 Å². The predicted octanol–water partition coefficient (Wildman–Crippen LogP) is 0.944. The molecule has 3 heteroatoms. The highest BCUT2D eigenvalue weighted by Crippen LogP contribution is 2.41. The molecule has 2 saturated carbocycles. The van der Waals surface area contributed by atoms with Gasteiger partial charge in [0.15, 0.2) is 0 Å². The van der Waals surface area contributed by atoms with Crippen LogP contribution in [0, 0.1) is 0 Å². The van der Waals surface area contributed by atoms with Crippen LogP contribution in [-0.4, -0.2) is 41.4 Å². The molecule has 2 fully saturated rings. The molecule has 2 aliphatic carbocycles. The largest absolute Gasteiger partial charge is 0.393 e. The van der Waals surface area contributed by atoms with Gasteiger partial charge >= 0.3 is 0 Å². The lowest BCUT2D eigenvalue weighted by Gasteiger charge is -2.39. The van der Waals surface area contributed by atoms with E-state index in [0.29, 0.717) is 12.6 Å². The zero-order chi connectivity index (χ0) is 8.77. The molecule has 2 rings (SSSR count). The van der Waals surface area contributed by atoms with Gasteiger partial charge in [0.1, 0.15) is 5.67 Å². The van der Waals surface area contributed by atoms with Gasteiger partial charge in [0, 0.05) is 12.6 Å². The van der Waals surface area contributed by atoms with Crippen LogP contribution in [0.2, 0.25) is 0 Å². The molecule has 0 bridgehead atoms. The van der Waals surface area contributed by atoms with Gasteiger partial charge in [-0.05, 0) is 32.7 Å². The number of nitrogens with zero attached hydrogens (tertiary/aromatic N) is 1. The molecular weight excluding hydrogens is 157 g/mol. The lowest BCUT2D eigenvalue weighted by molar-refractivity contribution is 0.00204. The summed E-state index contributed by atoms with van der Waals surface area (Å²) >= 11 is 0. The first-order chi connectivity index (χ1) is 5.59. The minimum Gasteiger partial charge on any atom is -0.393 e. The van der Waals surface area contributed by atoms with Crippen LogP contribution in [-0.2, 0) is 0 Å². The Bertz CT molecular complexity index is 175. The number of halogens is 1. The van der Waals surface area contributed by atoms with Crippen LogP contribution in [0.25, 0.3) is 0 Å². The molecule has 2 nitrogen and oxygen atoms in total. The Balaban J connectivity index is 1.74. The number of aliphatic hydroxyl groups is 1. The van der Waals surface area contributed by atoms with E-state index in [4.69, 9.17) is 5.11 Å². The Hall–Kier alpha value is -0.150. The lowest BCUT2D eigenvalue weighted by Crippen LogP contribution is -2.47. The van der Waals surface area contributed by atoms with E-state index in [2.05, 4.69) is 4.90 Å². The molecule has 1 N–H and O–H groups in total. The Morgan fingerprint density at radius 3 is 2.50 bits per heavy atom. The fourth-order valence-electron chi connectivity index (χ4n) is 1.79. The van der Waals surface area contributed by atoms with Crippen molar-refractivity contribution >= 4 is 0 Å². The van der Waals surface area contributed by atoms with Crippen molar-refractivity contribution in [3.63, 3.8) is 0 Å². The Labute approximate surface area is 72.4 Å². The van der Waals surface area contributed by atoms with Gasteiger partial charge < -0.3 is 10.0 Å². The number of alkyl halides is 1. The molecule has 12 heavy (non-hydrogen) atoms. The van der Waals surface area contributed by atoms with Crippen molar-refractivity contribution in [2.45, 2.75) is 43.5 Å². The zero-order valence-electron chi connectivity index (χ0n) is 7.46. The van der Waals surface area contributed by atoms with E-state index < -0.39 is 5.67 Å². The molecule has 2 aliphatic rings. The molecule has 0 unspecified atom stereocenters. The van der Waals surface area contributed by atoms with Crippen LogP contribution in [0.15, 0.2) is 0 Å². The molecular formula is C9H16FNO. The molecule has 0 radical (unpaired) electrons. The van der Waals surface area contributed by atoms with Gasteiger partial charge in [0.25, 0.3) is 0 Å². The van der Waals surface area contributed by atoms with E-state index >= 15 is 0 Å². The van der Waals surface area contributed by atoms with Crippen molar-refractivity contribution in [2.24, 2.45) is 0 Å². The third-order valence-electron chi connectivity index (χ3n) is 3.04. The summed E-state index contributed by atoms with van der Waals surface area (Å²) in [7, 11) is 1.95. The van der Waals surface area contributed by atoms with Crippen molar-refractivity contribution in [2.75, 3.05) is 13.6 Å². The van der Waals surface area contributed by atoms with E-state index in [0.717, 1.165) is 25.7 Å². The Kier molecular flexibility index (Phi) is 1.88. The number of hydrogen-bond acceptors (Lipinski definition) is 2. The maximum absolute atomic E-state index is 13.3. The fourth-order valence-corrected chi connectivity index (χ4v) is 1.79. The van der Waals surface area contributed by atoms with E-state index in [-0.39, 0.29) is 6.10 Å². The first kappa shape index (κ1) is 8.45. The van der Waals surface area contributed by atoms with Crippen LogP contribution in [0.5, 0.6) is 0 Å². The van der Waals surface area contributed by atoms with E-state index in [1.54, 1.807) is 0 Å². The second kappa shape index (κ2) is 2.67. The first-order valence-corrected chi connectivity index (χ1v) is 4.66. The maximum Gasteiger partial charge on any atom is 0.123 e. The van der Waals surface area contributed by atoms with Gasteiger partial charge in [0.05, 0.1) is 6.10 Å². The molecule has 0 atom stereocenters. The number of aliphatic hydroxyl groups excluding tert-OH is 1. The standard InChI is InChI=1S/C9H16FNO/c1-11(6-9(10)2-3-9)7-4-8(12)5-7/h7-8,12H,2-6H2,1H3. The van der Waals surface area contributed by atoms with Crippen LogP contribution in [0.1, 0.15) is 25.7 Å². The SMILES string of the molecule is CN(CC1(F)CC1)C1CC(O)C1. The second-order valence-corrected chi connectivity index (χ2v) is 4.35. The van der Waals surface area contributed by atoms with Crippen molar-refractivity contribution in [1.82, 2.24) is 4.90 Å². The fraction of sp³-hybridized carbons (Fsp3) is 1.00. The molecule has 0 aliphatic heterocycles. The van der Waals surface area contributed by atoms with E-state index in [9.17, 15) is 4.39 Å². The highest BCUT2D eigenvalue weighted by atomic mass is 19.1. The number of hydrogen-bond donors (Lipinski definition) is 1. The summed E-state index contributed by atoms with van der Waals surface area (Å²) in [5, 5.41) is 9.06. The summed E-state index contributed by atoms with van der Waals surface area (Å²) in [6.07, 6.45) is 2.98. The smallest absolute Gasteiger partial charge is 0.123 e. The minimum atomic E-state index is -0.880. The maximum atomic E-state index is 13.3. The van der Waals surface area contributed by atoms with Gasteiger partial charge in [-0.3, -0.25) is 0 Å². The minimum absolute atomic E-state index is 0.132. The van der Waals surface area contributed by atoms with Gasteiger partial charge in [-0.1, -0.05) is 0 Å². The van der Waals surface area contributed by atoms with Gasteiger partial charge in [-0.25, -0.2) is 4.39 Å². The summed E-state index contributed by atoms with van der Waals surface area (Å²) in [5.74, 6) is 0. The third-order valence-corrected chi connectivity index (χ3v) is 3.04. The van der Waals surface area contributed by atoms with Crippen molar-refractivity contribution in [3.05, 3.63) is 0 Å². The molecule has 0 aromatic heterocycles. The topological polar surface area (TPSA) is 23.5 Å². The van der Waals surface area contributed by atoms with Crippen molar-refractivity contribution in [3.8, 4) is 0 Å². The first-order valence-electron chi connectivity index (χ1n) is 4.66. The second-order valence-electron chi connectivity index (χ2n) is 4.35. The van der Waals surface area contributed by atoms with E-state index in [1.807, 2.05) is 7.05 Å². The van der Waals surface area contributed by atoms with Crippen molar-refractivity contribution < 1.29 is 9.50 Å². The van der Waals surface area contributed by atoms with Crippen LogP contribution < -0.4 is 0 Å². The molecule has 70 valence electrons. The summed E-state index contributed by atoms with van der Waals surface area (Å²) in [5.41, 5.74) is -0.880. The zero-order valence-corrected chi connectivity index (χ0v) is 7.46. The molecule has 0 saturated heterocycles. The summed E-state index contributed by atoms with van der Waals surface area (Å²) in [6.45, 7) is 0.560. The number of rotatable bonds is 3. The molecule has 0 amide bonds. The normalized spacial score (nSPS) is 38.0. The molecule has 0 heterocycles. The van der Waals surface area contributed by atoms with Crippen LogP contribution >= 0.6 is 0 Å².